The van der Waals surface area contributed by atoms with Crippen molar-refractivity contribution < 1.29 is 0 Å². The number of aromatic amines is 1. The minimum atomic E-state index is -0.196. The molecule has 0 aliphatic rings. The van der Waals surface area contributed by atoms with Crippen molar-refractivity contribution in [3.8, 4) is 5.69 Å². The average molecular weight is 226 g/mol. The Hall–Kier alpha value is -2.56. The molecule has 0 saturated heterocycles. The third kappa shape index (κ3) is 1.48. The molecule has 0 atom stereocenters. The molecule has 84 valence electrons. The minimum Gasteiger partial charge on any atom is -0.399 e. The first kappa shape index (κ1) is 9.65. The topological polar surface area (TPSA) is 76.7 Å². The van der Waals surface area contributed by atoms with Gasteiger partial charge in [0.1, 0.15) is 0 Å². The molecule has 17 heavy (non-hydrogen) atoms. The number of nitrogens with zero attached hydrogens (tertiary/aromatic N) is 2. The van der Waals surface area contributed by atoms with E-state index < -0.39 is 0 Å². The molecule has 0 aliphatic heterocycles. The molecule has 0 radical (unpaired) electrons. The first-order valence-corrected chi connectivity index (χ1v) is 5.16. The lowest BCUT2D eigenvalue weighted by molar-refractivity contribution is 1.00. The Kier molecular flexibility index (Phi) is 1.98. The summed E-state index contributed by atoms with van der Waals surface area (Å²) in [6.07, 6.45) is 3.30. The maximum Gasteiger partial charge on any atom is 0.331 e. The van der Waals surface area contributed by atoms with E-state index >= 15 is 0 Å². The second kappa shape index (κ2) is 3.48. The number of anilines is 1. The van der Waals surface area contributed by atoms with E-state index in [-0.39, 0.29) is 5.69 Å². The lowest BCUT2D eigenvalue weighted by atomic mass is 10.2. The molecule has 2 heterocycles. The highest BCUT2D eigenvalue weighted by atomic mass is 16.1. The number of nitrogen functional groups attached to an aromatic ring is 1. The molecule has 3 aromatic rings. The first-order chi connectivity index (χ1) is 8.25. The van der Waals surface area contributed by atoms with Gasteiger partial charge in [0.25, 0.3) is 0 Å². The fraction of sp³-hybridized carbons (Fsp3) is 0. The molecule has 3 rings (SSSR count). The van der Waals surface area contributed by atoms with Gasteiger partial charge in [0.05, 0.1) is 22.9 Å². The lowest BCUT2D eigenvalue weighted by Gasteiger charge is -2.02. The van der Waals surface area contributed by atoms with Crippen LogP contribution in [0.1, 0.15) is 0 Å². The Morgan fingerprint density at radius 3 is 2.94 bits per heavy atom. The molecule has 1 aromatic carbocycles. The normalized spacial score (nSPS) is 10.8. The highest BCUT2D eigenvalue weighted by molar-refractivity contribution is 5.80. The quantitative estimate of drug-likeness (QED) is 0.614. The maximum atomic E-state index is 11.9. The van der Waals surface area contributed by atoms with Crippen LogP contribution in [0.4, 0.5) is 5.69 Å². The predicted octanol–water partition coefficient (Wildman–Crippen LogP) is 1.30. The number of H-pyrrole nitrogens is 1. The van der Waals surface area contributed by atoms with Gasteiger partial charge in [-0.2, -0.15) is 0 Å². The largest absolute Gasteiger partial charge is 0.399 e. The van der Waals surface area contributed by atoms with E-state index in [0.717, 1.165) is 11.0 Å². The summed E-state index contributed by atoms with van der Waals surface area (Å²) in [5.74, 6) is 0. The van der Waals surface area contributed by atoms with Crippen molar-refractivity contribution in [2.75, 3.05) is 5.73 Å². The summed E-state index contributed by atoms with van der Waals surface area (Å²) in [7, 11) is 0. The standard InChI is InChI=1S/C12H10N4O/c13-8-3-4-10-11(6-8)16(12(17)15-10)9-2-1-5-14-7-9/h1-7H,13H2,(H,15,17). The van der Waals surface area contributed by atoms with Crippen molar-refractivity contribution in [1.29, 1.82) is 0 Å². The van der Waals surface area contributed by atoms with Gasteiger partial charge in [-0.25, -0.2) is 4.79 Å². The van der Waals surface area contributed by atoms with Crippen LogP contribution in [-0.4, -0.2) is 14.5 Å². The van der Waals surface area contributed by atoms with Gasteiger partial charge < -0.3 is 10.7 Å². The van der Waals surface area contributed by atoms with Gasteiger partial charge in [0, 0.05) is 11.9 Å². The van der Waals surface area contributed by atoms with Gasteiger partial charge in [0.2, 0.25) is 0 Å². The highest BCUT2D eigenvalue weighted by Crippen LogP contribution is 2.17. The number of aromatic nitrogens is 3. The molecule has 3 N–H and O–H groups in total. The minimum absolute atomic E-state index is 0.196. The summed E-state index contributed by atoms with van der Waals surface area (Å²) in [5, 5.41) is 0. The van der Waals surface area contributed by atoms with Gasteiger partial charge in [-0.05, 0) is 30.3 Å². The van der Waals surface area contributed by atoms with Crippen LogP contribution in [0, 0.1) is 0 Å². The van der Waals surface area contributed by atoms with Crippen LogP contribution in [-0.2, 0) is 0 Å². The van der Waals surface area contributed by atoms with Crippen molar-refractivity contribution >= 4 is 16.7 Å². The number of fused-ring (bicyclic) bond motifs is 1. The van der Waals surface area contributed by atoms with Crippen molar-refractivity contribution in [2.45, 2.75) is 0 Å². The molecule has 0 aliphatic carbocycles. The fourth-order valence-electron chi connectivity index (χ4n) is 1.86. The molecule has 5 heteroatoms. The van der Waals surface area contributed by atoms with Crippen molar-refractivity contribution in [1.82, 2.24) is 14.5 Å². The van der Waals surface area contributed by atoms with Gasteiger partial charge in [-0.3, -0.25) is 9.55 Å². The summed E-state index contributed by atoms with van der Waals surface area (Å²) >= 11 is 0. The third-order valence-corrected chi connectivity index (χ3v) is 2.61. The number of nitrogens with two attached hydrogens (primary N) is 1. The number of pyridine rings is 1. The lowest BCUT2D eigenvalue weighted by Crippen LogP contribution is -2.14. The van der Waals surface area contributed by atoms with Crippen LogP contribution in [0.15, 0.2) is 47.5 Å². The van der Waals surface area contributed by atoms with Crippen LogP contribution in [0.3, 0.4) is 0 Å². The number of hydrogen-bond acceptors (Lipinski definition) is 3. The van der Waals surface area contributed by atoms with Crippen LogP contribution >= 0.6 is 0 Å². The zero-order valence-corrected chi connectivity index (χ0v) is 8.92. The molecule has 0 spiro atoms. The Morgan fingerprint density at radius 1 is 1.29 bits per heavy atom. The number of benzene rings is 1. The first-order valence-electron chi connectivity index (χ1n) is 5.16. The van der Waals surface area contributed by atoms with Gasteiger partial charge in [-0.15, -0.1) is 0 Å². The summed E-state index contributed by atoms with van der Waals surface area (Å²) in [6, 6.07) is 8.92. The molecule has 0 saturated carbocycles. The third-order valence-electron chi connectivity index (χ3n) is 2.61. The Morgan fingerprint density at radius 2 is 2.18 bits per heavy atom. The van der Waals surface area contributed by atoms with Crippen molar-refractivity contribution in [3.05, 3.63) is 53.2 Å². The van der Waals surface area contributed by atoms with E-state index in [0.29, 0.717) is 11.4 Å². The molecule has 5 nitrogen and oxygen atoms in total. The number of hydrogen-bond donors (Lipinski definition) is 2. The molecule has 2 aromatic heterocycles. The monoisotopic (exact) mass is 226 g/mol. The summed E-state index contributed by atoms with van der Waals surface area (Å²) in [4.78, 5) is 18.7. The van der Waals surface area contributed by atoms with Gasteiger partial charge >= 0.3 is 5.69 Å². The van der Waals surface area contributed by atoms with Crippen LogP contribution in [0.2, 0.25) is 0 Å². The Labute approximate surface area is 96.5 Å². The summed E-state index contributed by atoms with van der Waals surface area (Å²) in [6.45, 7) is 0. The summed E-state index contributed by atoms with van der Waals surface area (Å²) < 4.78 is 1.55. The average Bonchev–Trinajstić information content (AvgIpc) is 2.65. The molecule has 0 bridgehead atoms. The van der Waals surface area contributed by atoms with E-state index in [1.807, 2.05) is 6.07 Å². The molecule has 0 unspecified atom stereocenters. The molecule has 0 fully saturated rings. The van der Waals surface area contributed by atoms with Crippen LogP contribution in [0.5, 0.6) is 0 Å². The van der Waals surface area contributed by atoms with Gasteiger partial charge in [0.15, 0.2) is 0 Å². The SMILES string of the molecule is Nc1ccc2[nH]c(=O)n(-c3cccnc3)c2c1. The van der Waals surface area contributed by atoms with E-state index in [2.05, 4.69) is 9.97 Å². The van der Waals surface area contributed by atoms with E-state index in [1.165, 1.54) is 0 Å². The highest BCUT2D eigenvalue weighted by Gasteiger charge is 2.08. The second-order valence-corrected chi connectivity index (χ2v) is 3.75. The van der Waals surface area contributed by atoms with Crippen LogP contribution in [0.25, 0.3) is 16.7 Å². The summed E-state index contributed by atoms with van der Waals surface area (Å²) in [5.41, 5.74) is 8.39. The predicted molar refractivity (Wildman–Crippen MR) is 66.1 cm³/mol. The molecule has 0 amide bonds. The molecular weight excluding hydrogens is 216 g/mol. The smallest absolute Gasteiger partial charge is 0.331 e. The Balaban J connectivity index is 2.40. The van der Waals surface area contributed by atoms with Gasteiger partial charge in [-0.1, -0.05) is 0 Å². The van der Waals surface area contributed by atoms with Crippen molar-refractivity contribution in [3.63, 3.8) is 0 Å². The maximum absolute atomic E-state index is 11.9. The van der Waals surface area contributed by atoms with Crippen molar-refractivity contribution in [2.24, 2.45) is 0 Å². The number of nitrogens with one attached hydrogen (secondary N) is 1. The van der Waals surface area contributed by atoms with E-state index in [9.17, 15) is 4.79 Å². The fourth-order valence-corrected chi connectivity index (χ4v) is 1.86. The Bertz CT molecular complexity index is 727. The molecular formula is C12H10N4O. The second-order valence-electron chi connectivity index (χ2n) is 3.75. The van der Waals surface area contributed by atoms with Crippen LogP contribution < -0.4 is 11.4 Å². The zero-order valence-electron chi connectivity index (χ0n) is 8.92. The number of rotatable bonds is 1. The van der Waals surface area contributed by atoms with E-state index in [1.54, 1.807) is 41.2 Å². The van der Waals surface area contributed by atoms with E-state index in [4.69, 9.17) is 5.73 Å². The zero-order chi connectivity index (χ0) is 11.8. The number of imidazole rings is 1.